The average molecular weight is 438 g/mol. The third kappa shape index (κ3) is 3.68. The van der Waals surface area contributed by atoms with Crippen LogP contribution in [-0.2, 0) is 21.6 Å². The molecule has 1 unspecified atom stereocenters. The van der Waals surface area contributed by atoms with E-state index in [9.17, 15) is 8.78 Å². The molecule has 2 aromatic carbocycles. The molecule has 1 saturated heterocycles. The van der Waals surface area contributed by atoms with Gasteiger partial charge in [0.05, 0.1) is 13.7 Å². The molecule has 6 nitrogen and oxygen atoms in total. The number of epoxide rings is 1. The fourth-order valence-electron chi connectivity index (χ4n) is 3.20. The van der Waals surface area contributed by atoms with Gasteiger partial charge in [-0.2, -0.15) is 10.1 Å². The van der Waals surface area contributed by atoms with Gasteiger partial charge < -0.3 is 14.2 Å². The second-order valence-corrected chi connectivity index (χ2v) is 7.03. The van der Waals surface area contributed by atoms with E-state index in [1.165, 1.54) is 30.3 Å². The number of methoxy groups -OCH3 is 1. The van der Waals surface area contributed by atoms with E-state index in [1.54, 1.807) is 24.3 Å². The average Bonchev–Trinajstić information content (AvgIpc) is 3.24. The van der Waals surface area contributed by atoms with Crippen molar-refractivity contribution in [1.82, 2.24) is 14.8 Å². The number of nitrogens with zero attached hydrogens (tertiary/aromatic N) is 3. The van der Waals surface area contributed by atoms with Crippen molar-refractivity contribution in [1.29, 1.82) is 0 Å². The van der Waals surface area contributed by atoms with Crippen LogP contribution in [0.25, 0.3) is 0 Å². The van der Waals surface area contributed by atoms with Crippen LogP contribution in [0.15, 0.2) is 48.8 Å². The Labute approximate surface area is 175 Å². The van der Waals surface area contributed by atoms with Crippen molar-refractivity contribution in [3.05, 3.63) is 76.6 Å². The first-order valence-corrected chi connectivity index (χ1v) is 9.24. The molecule has 0 bridgehead atoms. The zero-order valence-electron chi connectivity index (χ0n) is 15.0. The Kier molecular flexibility index (Phi) is 5.20. The summed E-state index contributed by atoms with van der Waals surface area (Å²) in [5, 5.41) is 4.43. The number of halogens is 3. The lowest BCUT2D eigenvalue weighted by Crippen LogP contribution is -2.23. The lowest BCUT2D eigenvalue weighted by molar-refractivity contribution is 0.240. The van der Waals surface area contributed by atoms with Crippen molar-refractivity contribution in [2.24, 2.45) is 0 Å². The monoisotopic (exact) mass is 437 g/mol. The highest BCUT2D eigenvalue weighted by Crippen LogP contribution is 2.59. The minimum absolute atomic E-state index is 0.0209. The number of hydrogen-bond donors (Lipinski definition) is 0. The van der Waals surface area contributed by atoms with E-state index in [1.807, 2.05) is 0 Å². The molecule has 0 spiro atoms. The molecule has 2 atom stereocenters. The van der Waals surface area contributed by atoms with Gasteiger partial charge in [-0.1, -0.05) is 35.9 Å². The molecular weight excluding hydrogens is 424 g/mol. The van der Waals surface area contributed by atoms with Gasteiger partial charge in [-0.25, -0.2) is 13.5 Å². The first-order chi connectivity index (χ1) is 13.9. The second-order valence-electron chi connectivity index (χ2n) is 6.29. The summed E-state index contributed by atoms with van der Waals surface area (Å²) in [4.78, 5) is 3.99. The van der Waals surface area contributed by atoms with Crippen molar-refractivity contribution >= 4 is 29.1 Å². The summed E-state index contributed by atoms with van der Waals surface area (Å²) >= 11 is 11.2. The lowest BCUT2D eigenvalue weighted by Gasteiger charge is -2.16. The van der Waals surface area contributed by atoms with Gasteiger partial charge in [0, 0.05) is 34.4 Å². The van der Waals surface area contributed by atoms with Crippen LogP contribution in [0.1, 0.15) is 17.2 Å². The summed E-state index contributed by atoms with van der Waals surface area (Å²) < 4.78 is 45.7. The maximum atomic E-state index is 14.7. The van der Waals surface area contributed by atoms with Crippen LogP contribution in [0, 0.1) is 11.6 Å². The summed E-state index contributed by atoms with van der Waals surface area (Å²) in [7, 11) is 1.36. The molecule has 150 valence electrons. The Morgan fingerprint density at radius 1 is 1.31 bits per heavy atom. The zero-order chi connectivity index (χ0) is 20.6. The maximum Gasteiger partial charge on any atom is 0.360 e. The minimum atomic E-state index is -1.19. The zero-order valence-corrected chi connectivity index (χ0v) is 16.6. The summed E-state index contributed by atoms with van der Waals surface area (Å²) in [6.07, 6.45) is 0.678. The number of aromatic nitrogens is 3. The van der Waals surface area contributed by atoms with Gasteiger partial charge in [0.15, 0.2) is 0 Å². The molecule has 29 heavy (non-hydrogen) atoms. The smallest absolute Gasteiger partial charge is 0.360 e. The summed E-state index contributed by atoms with van der Waals surface area (Å²) in [5.74, 6) is -1.43. The number of thiocarbonyl (C=S) groups is 1. The Balaban J connectivity index is 1.75. The Bertz CT molecular complexity index is 1080. The number of hydrogen-bond acceptors (Lipinski definition) is 6. The standard InChI is InChI=1S/C19H14ClF2N3O3S/c1-26-18(29)27-17-23-10-24-25(17)9-19(13-7-6-11(21)8-15(13)22)16(28-19)12-4-2-3-5-14(12)20/h2-8,10,16H,9H2,1H3/t16?,19-/m1/s1. The van der Waals surface area contributed by atoms with Gasteiger partial charge in [-0.05, 0) is 12.1 Å². The first-order valence-electron chi connectivity index (χ1n) is 8.46. The van der Waals surface area contributed by atoms with E-state index in [0.717, 1.165) is 6.07 Å². The number of benzene rings is 2. The van der Waals surface area contributed by atoms with Crippen LogP contribution in [0.3, 0.4) is 0 Å². The molecule has 0 N–H and O–H groups in total. The van der Waals surface area contributed by atoms with Gasteiger partial charge in [0.2, 0.25) is 0 Å². The van der Waals surface area contributed by atoms with Crippen LogP contribution in [0.4, 0.5) is 8.78 Å². The first kappa shape index (κ1) is 19.7. The Morgan fingerprint density at radius 2 is 2.10 bits per heavy atom. The lowest BCUT2D eigenvalue weighted by atomic mass is 9.91. The van der Waals surface area contributed by atoms with Crippen LogP contribution in [-0.4, -0.2) is 27.1 Å². The van der Waals surface area contributed by atoms with Gasteiger partial charge in [0.25, 0.3) is 0 Å². The normalized spacial score (nSPS) is 20.3. The summed E-state index contributed by atoms with van der Waals surface area (Å²) in [6.45, 7) is 0.0209. The molecular formula is C19H14ClF2N3O3S. The molecule has 1 aliphatic heterocycles. The third-order valence-corrected chi connectivity index (χ3v) is 5.17. The molecule has 0 radical (unpaired) electrons. The van der Waals surface area contributed by atoms with Crippen LogP contribution < -0.4 is 4.74 Å². The molecule has 10 heteroatoms. The van der Waals surface area contributed by atoms with E-state index >= 15 is 0 Å². The van der Waals surface area contributed by atoms with E-state index in [4.69, 9.17) is 38.0 Å². The quantitative estimate of drug-likeness (QED) is 0.440. The van der Waals surface area contributed by atoms with Gasteiger partial charge in [-0.15, -0.1) is 0 Å². The second kappa shape index (κ2) is 7.66. The highest BCUT2D eigenvalue weighted by molar-refractivity contribution is 7.79. The van der Waals surface area contributed by atoms with Crippen molar-refractivity contribution in [2.75, 3.05) is 7.11 Å². The van der Waals surface area contributed by atoms with Crippen molar-refractivity contribution in [3.63, 3.8) is 0 Å². The van der Waals surface area contributed by atoms with Crippen molar-refractivity contribution in [3.8, 4) is 6.01 Å². The SMILES string of the molecule is COC(=S)Oc1ncnn1C[C@]1(c2ccc(F)cc2F)OC1c1ccccc1Cl. The van der Waals surface area contributed by atoms with E-state index in [2.05, 4.69) is 10.1 Å². The van der Waals surface area contributed by atoms with Crippen LogP contribution >= 0.6 is 23.8 Å². The molecule has 3 aromatic rings. The molecule has 1 aromatic heterocycles. The van der Waals surface area contributed by atoms with Crippen molar-refractivity contribution in [2.45, 2.75) is 18.2 Å². The molecule has 2 heterocycles. The highest BCUT2D eigenvalue weighted by atomic mass is 35.5. The molecule has 0 saturated carbocycles. The van der Waals surface area contributed by atoms with Crippen molar-refractivity contribution < 1.29 is 23.0 Å². The predicted octanol–water partition coefficient (Wildman–Crippen LogP) is 4.19. The third-order valence-electron chi connectivity index (χ3n) is 4.58. The fourth-order valence-corrected chi connectivity index (χ4v) is 3.51. The van der Waals surface area contributed by atoms with Gasteiger partial charge in [-0.3, -0.25) is 0 Å². The van der Waals surface area contributed by atoms with Gasteiger partial charge >= 0.3 is 11.2 Å². The van der Waals surface area contributed by atoms with E-state index < -0.39 is 23.3 Å². The fraction of sp³-hybridized carbons (Fsp3) is 0.211. The number of ether oxygens (including phenoxy) is 3. The molecule has 0 aliphatic carbocycles. The molecule has 1 aliphatic rings. The van der Waals surface area contributed by atoms with E-state index in [0.29, 0.717) is 10.6 Å². The molecule has 0 amide bonds. The van der Waals surface area contributed by atoms with E-state index in [-0.39, 0.29) is 23.4 Å². The topological polar surface area (TPSA) is 61.7 Å². The maximum absolute atomic E-state index is 14.7. The highest BCUT2D eigenvalue weighted by Gasteiger charge is 2.61. The minimum Gasteiger partial charge on any atom is -0.460 e. The summed E-state index contributed by atoms with van der Waals surface area (Å²) in [5.41, 5.74) is -0.351. The van der Waals surface area contributed by atoms with Crippen LogP contribution in [0.2, 0.25) is 5.02 Å². The Hall–Kier alpha value is -2.62. The number of rotatable bonds is 5. The largest absolute Gasteiger partial charge is 0.460 e. The Morgan fingerprint density at radius 3 is 2.83 bits per heavy atom. The van der Waals surface area contributed by atoms with Gasteiger partial charge in [0.1, 0.15) is 29.7 Å². The van der Waals surface area contributed by atoms with Crippen LogP contribution in [0.5, 0.6) is 6.01 Å². The molecule has 1 fully saturated rings. The molecule has 4 rings (SSSR count). The predicted molar refractivity (Wildman–Crippen MR) is 104 cm³/mol. The summed E-state index contributed by atoms with van der Waals surface area (Å²) in [6, 6.07) is 10.5.